The van der Waals surface area contributed by atoms with Crippen LogP contribution in [-0.4, -0.2) is 57.8 Å². The molecule has 1 aliphatic heterocycles. The van der Waals surface area contributed by atoms with Crippen molar-refractivity contribution in [2.24, 2.45) is 11.3 Å². The number of aliphatic hydroxyl groups excluding tert-OH is 2. The van der Waals surface area contributed by atoms with Gasteiger partial charge in [-0.2, -0.15) is 0 Å². The van der Waals surface area contributed by atoms with Gasteiger partial charge in [0.25, 0.3) is 0 Å². The van der Waals surface area contributed by atoms with Crippen molar-refractivity contribution in [2.45, 2.75) is 97.0 Å². The number of halogens is 1. The Labute approximate surface area is 216 Å². The van der Waals surface area contributed by atoms with Crippen LogP contribution in [0.25, 0.3) is 6.08 Å². The number of aliphatic hydroxyl groups is 2. The lowest BCUT2D eigenvalue weighted by molar-refractivity contribution is -0.158. The third kappa shape index (κ3) is 6.68. The number of hydrogen-bond acceptors (Lipinski definition) is 7. The summed E-state index contributed by atoms with van der Waals surface area (Å²) in [6.45, 7) is 7.66. The minimum absolute atomic E-state index is 0.218. The average Bonchev–Trinajstić information content (AvgIpc) is 3.19. The molecular formula is C27H39FN2O5S. The minimum atomic E-state index is -1.21. The van der Waals surface area contributed by atoms with Crippen LogP contribution in [0.15, 0.2) is 22.9 Å². The second kappa shape index (κ2) is 12.5. The highest BCUT2D eigenvalue weighted by atomic mass is 32.1. The number of aromatic nitrogens is 1. The van der Waals surface area contributed by atoms with Crippen LogP contribution in [0.5, 0.6) is 0 Å². The van der Waals surface area contributed by atoms with Crippen molar-refractivity contribution in [2.75, 3.05) is 6.61 Å². The number of thiazole rings is 1. The summed E-state index contributed by atoms with van der Waals surface area (Å²) in [6, 6.07) is -0.923. The zero-order valence-electron chi connectivity index (χ0n) is 21.6. The normalized spacial score (nSPS) is 32.5. The molecular weight excluding hydrogens is 483 g/mol. The first kappa shape index (κ1) is 28.6. The third-order valence-electron chi connectivity index (χ3n) is 7.59. The van der Waals surface area contributed by atoms with Crippen LogP contribution in [0.3, 0.4) is 0 Å². The zero-order chi connectivity index (χ0) is 26.5. The van der Waals surface area contributed by atoms with Gasteiger partial charge >= 0.3 is 0 Å². The van der Waals surface area contributed by atoms with Gasteiger partial charge in [-0.15, -0.1) is 11.3 Å². The fraction of sp³-hybridized carbons (Fsp3) is 0.667. The van der Waals surface area contributed by atoms with Gasteiger partial charge in [0.15, 0.2) is 0 Å². The summed E-state index contributed by atoms with van der Waals surface area (Å²) in [6.07, 6.45) is 2.97. The number of Topliss-reactive ketones (excluding diaryl/α,β-unsaturated/α-hetero) is 1. The van der Waals surface area contributed by atoms with Crippen LogP contribution in [0.4, 0.5) is 4.39 Å². The van der Waals surface area contributed by atoms with Gasteiger partial charge in [-0.1, -0.05) is 25.0 Å². The predicted molar refractivity (Wildman–Crippen MR) is 138 cm³/mol. The summed E-state index contributed by atoms with van der Waals surface area (Å²) >= 11 is 1.41. The fourth-order valence-corrected chi connectivity index (χ4v) is 5.63. The van der Waals surface area contributed by atoms with Gasteiger partial charge in [-0.25, -0.2) is 9.37 Å². The highest BCUT2D eigenvalue weighted by molar-refractivity contribution is 7.09. The van der Waals surface area contributed by atoms with Crippen LogP contribution in [-0.2, 0) is 14.3 Å². The molecule has 3 rings (SSSR count). The van der Waals surface area contributed by atoms with Crippen molar-refractivity contribution in [3.63, 3.8) is 0 Å². The van der Waals surface area contributed by atoms with Crippen molar-refractivity contribution in [1.29, 1.82) is 0 Å². The molecule has 1 aromatic rings. The summed E-state index contributed by atoms with van der Waals surface area (Å²) in [5.74, 6) is -1.96. The molecule has 3 N–H and O–H groups in total. The zero-order valence-corrected chi connectivity index (χ0v) is 22.4. The summed E-state index contributed by atoms with van der Waals surface area (Å²) in [4.78, 5) is 30.8. The quantitative estimate of drug-likeness (QED) is 0.512. The number of amides is 1. The monoisotopic (exact) mass is 522 g/mol. The van der Waals surface area contributed by atoms with E-state index in [4.69, 9.17) is 4.74 Å². The van der Waals surface area contributed by atoms with Gasteiger partial charge in [-0.3, -0.25) is 9.59 Å². The van der Waals surface area contributed by atoms with Crippen LogP contribution in [0.2, 0.25) is 0 Å². The fourth-order valence-electron chi connectivity index (χ4n) is 5.06. The number of ketones is 1. The van der Waals surface area contributed by atoms with E-state index in [-0.39, 0.29) is 18.6 Å². The standard InChI is InChI=1S/C27H39FN2O5S/c1-5-20-25(33)17(3)35-12-9-16(2)7-8-22(21(28)13-19-15-36-18(4)29-19)30-24(32)14-23(31)27(26(20)34)10-6-11-27/h7,13,15,17,20,22-23,25,31,33H,5-6,8-12,14H2,1-4H3,(H,30,32)/b16-7-,21-13-/t17-,20+,22+,23-,25-/m1/s1. The van der Waals surface area contributed by atoms with Crippen molar-refractivity contribution in [1.82, 2.24) is 10.3 Å². The maximum Gasteiger partial charge on any atom is 0.223 e. The number of ether oxygens (including phenoxy) is 1. The predicted octanol–water partition coefficient (Wildman–Crippen LogP) is 4.27. The Morgan fingerprint density at radius 2 is 2.06 bits per heavy atom. The van der Waals surface area contributed by atoms with Crippen LogP contribution < -0.4 is 5.32 Å². The maximum atomic E-state index is 15.3. The molecule has 1 spiro atoms. The molecule has 1 aromatic heterocycles. The number of nitrogens with zero attached hydrogens (tertiary/aromatic N) is 1. The van der Waals surface area contributed by atoms with Crippen molar-refractivity contribution in [3.8, 4) is 0 Å². The van der Waals surface area contributed by atoms with Crippen LogP contribution >= 0.6 is 11.3 Å². The highest BCUT2D eigenvalue weighted by Gasteiger charge is 2.53. The number of nitrogens with one attached hydrogen (secondary N) is 1. The summed E-state index contributed by atoms with van der Waals surface area (Å²) in [7, 11) is 0. The Kier molecular flexibility index (Phi) is 9.97. The molecule has 0 radical (unpaired) electrons. The second-order valence-electron chi connectivity index (χ2n) is 10.2. The molecule has 2 heterocycles. The Hall–Kier alpha value is -1.94. The third-order valence-corrected chi connectivity index (χ3v) is 8.38. The van der Waals surface area contributed by atoms with Gasteiger partial charge in [0.05, 0.1) is 53.5 Å². The molecule has 200 valence electrons. The lowest BCUT2D eigenvalue weighted by Crippen LogP contribution is -2.54. The topological polar surface area (TPSA) is 109 Å². The summed E-state index contributed by atoms with van der Waals surface area (Å²) in [5.41, 5.74) is 0.369. The SMILES string of the molecule is CC[C@@H]1C(=O)C2(CCC2)[C@H](O)CC(=O)N[C@H](/C(F)=C/c2csc(C)n2)C/C=C(/C)CCO[C@H](C)[C@H]1O. The number of carbonyl (C=O) groups excluding carboxylic acids is 2. The molecule has 1 amide bonds. The number of carbonyl (C=O) groups is 2. The van der Waals surface area contributed by atoms with Crippen LogP contribution in [0, 0.1) is 18.3 Å². The summed E-state index contributed by atoms with van der Waals surface area (Å²) in [5, 5.41) is 27.3. The largest absolute Gasteiger partial charge is 0.392 e. The number of hydrogen-bond donors (Lipinski definition) is 3. The summed E-state index contributed by atoms with van der Waals surface area (Å²) < 4.78 is 21.1. The lowest BCUT2D eigenvalue weighted by Gasteiger charge is -2.46. The molecule has 1 fully saturated rings. The van der Waals surface area contributed by atoms with Crippen molar-refractivity contribution >= 4 is 29.1 Å². The number of rotatable bonds is 3. The Morgan fingerprint density at radius 3 is 2.64 bits per heavy atom. The second-order valence-corrected chi connectivity index (χ2v) is 11.2. The van der Waals surface area contributed by atoms with Gasteiger partial charge in [0, 0.05) is 11.3 Å². The van der Waals surface area contributed by atoms with E-state index in [1.165, 1.54) is 17.4 Å². The van der Waals surface area contributed by atoms with Gasteiger partial charge in [0.2, 0.25) is 5.91 Å². The maximum absolute atomic E-state index is 15.3. The molecule has 0 unspecified atom stereocenters. The molecule has 1 aliphatic carbocycles. The molecule has 1 saturated carbocycles. The van der Waals surface area contributed by atoms with E-state index < -0.39 is 47.4 Å². The minimum Gasteiger partial charge on any atom is -0.392 e. The van der Waals surface area contributed by atoms with E-state index in [1.807, 2.05) is 26.8 Å². The molecule has 0 saturated heterocycles. The van der Waals surface area contributed by atoms with Crippen LogP contribution in [0.1, 0.15) is 76.4 Å². The Morgan fingerprint density at radius 1 is 1.33 bits per heavy atom. The molecule has 36 heavy (non-hydrogen) atoms. The van der Waals surface area contributed by atoms with Gasteiger partial charge in [-0.05, 0) is 59.0 Å². The Balaban J connectivity index is 1.89. The highest BCUT2D eigenvalue weighted by Crippen LogP contribution is 2.48. The average molecular weight is 523 g/mol. The first-order valence-electron chi connectivity index (χ1n) is 12.8. The lowest BCUT2D eigenvalue weighted by atomic mass is 9.58. The van der Waals surface area contributed by atoms with E-state index in [1.54, 1.807) is 12.3 Å². The molecule has 2 aliphatic rings. The van der Waals surface area contributed by atoms with E-state index in [2.05, 4.69) is 10.3 Å². The molecule has 0 aromatic carbocycles. The van der Waals surface area contributed by atoms with E-state index in [0.717, 1.165) is 17.0 Å². The molecule has 5 atom stereocenters. The van der Waals surface area contributed by atoms with E-state index >= 15 is 4.39 Å². The Bertz CT molecular complexity index is 987. The van der Waals surface area contributed by atoms with E-state index in [0.29, 0.717) is 38.0 Å². The smallest absolute Gasteiger partial charge is 0.223 e. The first-order chi connectivity index (χ1) is 17.1. The van der Waals surface area contributed by atoms with Gasteiger partial charge < -0.3 is 20.3 Å². The van der Waals surface area contributed by atoms with E-state index in [9.17, 15) is 19.8 Å². The molecule has 9 heteroatoms. The van der Waals surface area contributed by atoms with Crippen molar-refractivity contribution < 1.29 is 28.9 Å². The van der Waals surface area contributed by atoms with Crippen molar-refractivity contribution in [3.05, 3.63) is 33.6 Å². The first-order valence-corrected chi connectivity index (χ1v) is 13.7. The molecule has 0 bridgehead atoms. The van der Waals surface area contributed by atoms with Gasteiger partial charge in [0.1, 0.15) is 11.6 Å². The molecule has 7 nitrogen and oxygen atoms in total. The number of aryl methyl sites for hydroxylation is 1.